The Labute approximate surface area is 83.8 Å². The van der Waals surface area contributed by atoms with Gasteiger partial charge in [0.1, 0.15) is 0 Å². The van der Waals surface area contributed by atoms with Gasteiger partial charge in [-0.3, -0.25) is 4.52 Å². The fraction of sp³-hybridized carbons (Fsp3) is 0.571. The SMILES string of the molecule is O=C(Cl)OCCCCc1noc(=O)o1. The lowest BCUT2D eigenvalue weighted by Gasteiger charge is -1.97. The molecule has 0 atom stereocenters. The lowest BCUT2D eigenvalue weighted by molar-refractivity contribution is 0.171. The number of ether oxygens (including phenoxy) is 1. The summed E-state index contributed by atoms with van der Waals surface area (Å²) in [6.07, 6.45) is 1.75. The number of rotatable bonds is 5. The summed E-state index contributed by atoms with van der Waals surface area (Å²) in [5, 5.41) is 3.36. The lowest BCUT2D eigenvalue weighted by Crippen LogP contribution is -1.97. The summed E-state index contributed by atoms with van der Waals surface area (Å²) >= 11 is 4.93. The zero-order chi connectivity index (χ0) is 10.4. The molecule has 1 aromatic heterocycles. The molecule has 0 radical (unpaired) electrons. The smallest absolute Gasteiger partial charge is 0.454 e. The average molecular weight is 222 g/mol. The molecule has 7 heteroatoms. The second-order valence-electron chi connectivity index (χ2n) is 2.47. The molecule has 0 unspecified atom stereocenters. The molecule has 14 heavy (non-hydrogen) atoms. The largest absolute Gasteiger partial charge is 0.542 e. The molecule has 0 N–H and O–H groups in total. The first-order valence-electron chi connectivity index (χ1n) is 3.96. The highest BCUT2D eigenvalue weighted by molar-refractivity contribution is 6.61. The van der Waals surface area contributed by atoms with Crippen LogP contribution in [0, 0.1) is 0 Å². The van der Waals surface area contributed by atoms with E-state index in [-0.39, 0.29) is 12.5 Å². The van der Waals surface area contributed by atoms with Crippen molar-refractivity contribution in [3.8, 4) is 0 Å². The van der Waals surface area contributed by atoms with Crippen molar-refractivity contribution >= 4 is 17.0 Å². The minimum atomic E-state index is -0.821. The van der Waals surface area contributed by atoms with Crippen molar-refractivity contribution in [3.63, 3.8) is 0 Å². The molecule has 6 nitrogen and oxygen atoms in total. The summed E-state index contributed by atoms with van der Waals surface area (Å²) in [6.45, 7) is 0.240. The highest BCUT2D eigenvalue weighted by Crippen LogP contribution is 2.00. The van der Waals surface area contributed by atoms with Crippen LogP contribution in [0.5, 0.6) is 0 Å². The molecule has 0 aliphatic heterocycles. The van der Waals surface area contributed by atoms with Crippen LogP contribution < -0.4 is 5.82 Å². The maximum Gasteiger partial charge on any atom is 0.542 e. The molecule has 78 valence electrons. The minimum absolute atomic E-state index is 0.240. The molecule has 1 aromatic rings. The quantitative estimate of drug-likeness (QED) is 0.551. The Bertz CT molecular complexity index is 344. The van der Waals surface area contributed by atoms with Crippen LogP contribution in [0.2, 0.25) is 0 Å². The van der Waals surface area contributed by atoms with Crippen molar-refractivity contribution in [2.75, 3.05) is 6.61 Å². The molecule has 0 bridgehead atoms. The van der Waals surface area contributed by atoms with E-state index < -0.39 is 11.3 Å². The van der Waals surface area contributed by atoms with E-state index in [2.05, 4.69) is 18.8 Å². The van der Waals surface area contributed by atoms with Crippen molar-refractivity contribution in [2.24, 2.45) is 0 Å². The van der Waals surface area contributed by atoms with Gasteiger partial charge in [0.2, 0.25) is 5.89 Å². The molecular weight excluding hydrogens is 214 g/mol. The summed E-state index contributed by atoms with van der Waals surface area (Å²) in [7, 11) is 0. The Kier molecular flexibility index (Phi) is 4.18. The van der Waals surface area contributed by atoms with E-state index >= 15 is 0 Å². The van der Waals surface area contributed by atoms with Crippen LogP contribution in [0.4, 0.5) is 4.79 Å². The van der Waals surface area contributed by atoms with Crippen LogP contribution in [-0.2, 0) is 11.2 Å². The number of hydrogen-bond donors (Lipinski definition) is 0. The molecule has 0 spiro atoms. The maximum atomic E-state index is 10.4. The van der Waals surface area contributed by atoms with E-state index in [1.165, 1.54) is 0 Å². The third-order valence-corrected chi connectivity index (χ3v) is 1.53. The van der Waals surface area contributed by atoms with Crippen molar-refractivity contribution in [1.29, 1.82) is 0 Å². The number of carbonyl (C=O) groups is 1. The van der Waals surface area contributed by atoms with Crippen molar-refractivity contribution in [2.45, 2.75) is 19.3 Å². The molecular formula is C7H8ClNO5. The van der Waals surface area contributed by atoms with Gasteiger partial charge in [-0.1, -0.05) is 0 Å². The third kappa shape index (κ3) is 4.08. The number of aromatic nitrogens is 1. The number of aryl methyl sites for hydroxylation is 1. The average Bonchev–Trinajstić information content (AvgIpc) is 2.50. The van der Waals surface area contributed by atoms with Gasteiger partial charge in [0, 0.05) is 18.0 Å². The van der Waals surface area contributed by atoms with Crippen LogP contribution >= 0.6 is 11.6 Å². The molecule has 0 fully saturated rings. The Morgan fingerprint density at radius 1 is 1.50 bits per heavy atom. The summed E-state index contributed by atoms with van der Waals surface area (Å²) < 4.78 is 13.2. The number of halogens is 1. The second-order valence-corrected chi connectivity index (χ2v) is 2.78. The van der Waals surface area contributed by atoms with Gasteiger partial charge >= 0.3 is 11.3 Å². The molecule has 1 heterocycles. The van der Waals surface area contributed by atoms with E-state index in [9.17, 15) is 9.59 Å². The fourth-order valence-corrected chi connectivity index (χ4v) is 0.926. The molecule has 0 saturated carbocycles. The topological polar surface area (TPSA) is 82.5 Å². The molecule has 0 aromatic carbocycles. The van der Waals surface area contributed by atoms with E-state index in [1.807, 2.05) is 0 Å². The summed E-state index contributed by atoms with van der Waals surface area (Å²) in [5.74, 6) is -0.570. The van der Waals surface area contributed by atoms with Crippen molar-refractivity contribution in [1.82, 2.24) is 5.16 Å². The molecule has 0 aliphatic rings. The molecule has 1 rings (SSSR count). The lowest BCUT2D eigenvalue weighted by atomic mass is 10.2. The van der Waals surface area contributed by atoms with Gasteiger partial charge in [-0.25, -0.2) is 9.59 Å². The van der Waals surface area contributed by atoms with Crippen LogP contribution in [0.25, 0.3) is 0 Å². The Hall–Kier alpha value is -1.30. The van der Waals surface area contributed by atoms with E-state index in [1.54, 1.807) is 0 Å². The van der Waals surface area contributed by atoms with Crippen LogP contribution in [0.15, 0.2) is 13.7 Å². The van der Waals surface area contributed by atoms with E-state index in [0.29, 0.717) is 19.3 Å². The number of hydrogen-bond acceptors (Lipinski definition) is 6. The van der Waals surface area contributed by atoms with Crippen LogP contribution in [0.1, 0.15) is 18.7 Å². The highest BCUT2D eigenvalue weighted by atomic mass is 35.5. The standard InChI is InChI=1S/C7H8ClNO5/c8-6(10)12-4-2-1-3-5-9-14-7(11)13-5/h1-4H2. The van der Waals surface area contributed by atoms with Gasteiger partial charge in [0.05, 0.1) is 6.61 Å². The highest BCUT2D eigenvalue weighted by Gasteiger charge is 2.03. The third-order valence-electron chi connectivity index (χ3n) is 1.42. The number of unbranched alkanes of at least 4 members (excludes halogenated alkanes) is 1. The number of nitrogens with zero attached hydrogens (tertiary/aromatic N) is 1. The summed E-state index contributed by atoms with van der Waals surface area (Å²) in [6, 6.07) is 0. The normalized spacial score (nSPS) is 10.1. The first kappa shape index (κ1) is 10.8. The fourth-order valence-electron chi connectivity index (χ4n) is 0.849. The molecule has 0 amide bonds. The Balaban J connectivity index is 2.10. The van der Waals surface area contributed by atoms with E-state index in [4.69, 9.17) is 11.6 Å². The van der Waals surface area contributed by atoms with Gasteiger partial charge in [-0.05, 0) is 18.0 Å². The van der Waals surface area contributed by atoms with Crippen molar-refractivity contribution in [3.05, 3.63) is 16.5 Å². The molecule has 0 aliphatic carbocycles. The van der Waals surface area contributed by atoms with Gasteiger partial charge in [0.15, 0.2) is 0 Å². The van der Waals surface area contributed by atoms with Gasteiger partial charge in [-0.2, -0.15) is 0 Å². The van der Waals surface area contributed by atoms with Gasteiger partial charge in [-0.15, -0.1) is 0 Å². The monoisotopic (exact) mass is 221 g/mol. The predicted molar refractivity (Wildman–Crippen MR) is 45.2 cm³/mol. The first-order chi connectivity index (χ1) is 6.68. The number of carbonyl (C=O) groups excluding carboxylic acids is 1. The van der Waals surface area contributed by atoms with Crippen LogP contribution in [-0.4, -0.2) is 17.2 Å². The maximum absolute atomic E-state index is 10.4. The summed E-state index contributed by atoms with van der Waals surface area (Å²) in [4.78, 5) is 20.5. The zero-order valence-electron chi connectivity index (χ0n) is 7.19. The summed E-state index contributed by atoms with van der Waals surface area (Å²) in [5.41, 5.74) is -0.821. The van der Waals surface area contributed by atoms with Crippen LogP contribution in [0.3, 0.4) is 0 Å². The molecule has 0 saturated heterocycles. The Morgan fingerprint density at radius 3 is 2.86 bits per heavy atom. The zero-order valence-corrected chi connectivity index (χ0v) is 7.95. The van der Waals surface area contributed by atoms with Gasteiger partial charge < -0.3 is 9.15 Å². The van der Waals surface area contributed by atoms with Gasteiger partial charge in [0.25, 0.3) is 0 Å². The minimum Gasteiger partial charge on any atom is -0.454 e. The first-order valence-corrected chi connectivity index (χ1v) is 4.34. The van der Waals surface area contributed by atoms with E-state index in [0.717, 1.165) is 0 Å². The van der Waals surface area contributed by atoms with Crippen molar-refractivity contribution < 1.29 is 18.5 Å². The Morgan fingerprint density at radius 2 is 2.29 bits per heavy atom. The predicted octanol–water partition coefficient (Wildman–Crippen LogP) is 1.33. The second kappa shape index (κ2) is 5.43.